The van der Waals surface area contributed by atoms with Crippen molar-refractivity contribution in [2.45, 2.75) is 82.4 Å². The van der Waals surface area contributed by atoms with Crippen LogP contribution in [0.15, 0.2) is 0 Å². The highest BCUT2D eigenvalue weighted by Gasteiger charge is 2.22. The molecule has 2 atom stereocenters. The minimum absolute atomic E-state index is 0.548. The predicted molar refractivity (Wildman–Crippen MR) is 79.2 cm³/mol. The molecule has 0 aliphatic carbocycles. The van der Waals surface area contributed by atoms with E-state index >= 15 is 0 Å². The van der Waals surface area contributed by atoms with E-state index in [-0.39, 0.29) is 0 Å². The van der Waals surface area contributed by atoms with Crippen molar-refractivity contribution in [1.29, 1.82) is 0 Å². The highest BCUT2D eigenvalue weighted by atomic mass is 32.2. The van der Waals surface area contributed by atoms with Gasteiger partial charge in [-0.1, -0.05) is 51.9 Å². The molecule has 1 rings (SSSR count). The highest BCUT2D eigenvalue weighted by molar-refractivity contribution is 8.00. The number of nitrogens with two attached hydrogens (primary N) is 1. The summed E-state index contributed by atoms with van der Waals surface area (Å²) in [5.74, 6) is 7.04. The molecule has 0 aromatic carbocycles. The number of hydrogen-bond acceptors (Lipinski definition) is 3. The summed E-state index contributed by atoms with van der Waals surface area (Å²) in [6.07, 6.45) is 13.7. The summed E-state index contributed by atoms with van der Waals surface area (Å²) in [6, 6.07) is 0.548. The van der Waals surface area contributed by atoms with Crippen molar-refractivity contribution in [2.75, 3.05) is 5.75 Å². The van der Waals surface area contributed by atoms with Crippen LogP contribution in [-0.2, 0) is 0 Å². The van der Waals surface area contributed by atoms with E-state index in [1.165, 1.54) is 70.0 Å². The van der Waals surface area contributed by atoms with Crippen molar-refractivity contribution in [2.24, 2.45) is 5.84 Å². The molecule has 1 aliphatic rings. The Labute approximate surface area is 111 Å². The van der Waals surface area contributed by atoms with Crippen LogP contribution in [0.5, 0.6) is 0 Å². The Balaban J connectivity index is 2.05. The predicted octanol–water partition coefficient (Wildman–Crippen LogP) is 3.85. The first-order valence-electron chi connectivity index (χ1n) is 7.46. The van der Waals surface area contributed by atoms with Gasteiger partial charge in [-0.05, 0) is 25.0 Å². The Hall–Kier alpha value is 0.270. The topological polar surface area (TPSA) is 38.0 Å². The third-order valence-electron chi connectivity index (χ3n) is 3.75. The normalized spacial score (nSPS) is 22.6. The second-order valence-corrected chi connectivity index (χ2v) is 6.58. The molecule has 3 heteroatoms. The molecule has 1 saturated heterocycles. The van der Waals surface area contributed by atoms with Crippen molar-refractivity contribution in [1.82, 2.24) is 5.43 Å². The molecule has 2 unspecified atom stereocenters. The van der Waals surface area contributed by atoms with Crippen molar-refractivity contribution >= 4 is 11.8 Å². The molecule has 1 heterocycles. The van der Waals surface area contributed by atoms with Crippen LogP contribution in [0.3, 0.4) is 0 Å². The third-order valence-corrected chi connectivity index (χ3v) is 5.26. The van der Waals surface area contributed by atoms with E-state index in [1.54, 1.807) is 0 Å². The van der Waals surface area contributed by atoms with Crippen LogP contribution >= 0.6 is 11.8 Å². The maximum Gasteiger partial charge on any atom is 0.0329 e. The minimum atomic E-state index is 0.548. The summed E-state index contributed by atoms with van der Waals surface area (Å²) in [5, 5.41) is 0.768. The molecule has 0 aromatic heterocycles. The van der Waals surface area contributed by atoms with Crippen LogP contribution in [0.25, 0.3) is 0 Å². The molecule has 2 nitrogen and oxygen atoms in total. The Morgan fingerprint density at radius 3 is 2.59 bits per heavy atom. The van der Waals surface area contributed by atoms with E-state index in [4.69, 9.17) is 5.84 Å². The quantitative estimate of drug-likeness (QED) is 0.375. The average Bonchev–Trinajstić information content (AvgIpc) is 2.39. The molecule has 102 valence electrons. The summed E-state index contributed by atoms with van der Waals surface area (Å²) < 4.78 is 0. The van der Waals surface area contributed by atoms with Gasteiger partial charge in [-0.15, -0.1) is 0 Å². The minimum Gasteiger partial charge on any atom is -0.271 e. The maximum absolute atomic E-state index is 5.70. The number of rotatable bonds is 9. The average molecular weight is 258 g/mol. The van der Waals surface area contributed by atoms with Gasteiger partial charge in [0.05, 0.1) is 0 Å². The highest BCUT2D eigenvalue weighted by Crippen LogP contribution is 2.29. The first kappa shape index (κ1) is 15.3. The van der Waals surface area contributed by atoms with Crippen LogP contribution in [0.1, 0.15) is 71.1 Å². The smallest absolute Gasteiger partial charge is 0.0329 e. The Bertz CT molecular complexity index is 170. The fraction of sp³-hybridized carbons (Fsp3) is 1.00. The van der Waals surface area contributed by atoms with Crippen LogP contribution < -0.4 is 11.3 Å². The molecule has 0 spiro atoms. The lowest BCUT2D eigenvalue weighted by Gasteiger charge is -2.29. The van der Waals surface area contributed by atoms with E-state index in [9.17, 15) is 0 Å². The van der Waals surface area contributed by atoms with Gasteiger partial charge in [0.15, 0.2) is 0 Å². The van der Waals surface area contributed by atoms with E-state index in [2.05, 4.69) is 24.1 Å². The van der Waals surface area contributed by atoms with Crippen LogP contribution in [0.2, 0.25) is 0 Å². The van der Waals surface area contributed by atoms with Crippen LogP contribution in [-0.4, -0.2) is 17.0 Å². The van der Waals surface area contributed by atoms with E-state index < -0.39 is 0 Å². The molecule has 3 N–H and O–H groups in total. The number of nitrogens with one attached hydrogen (secondary N) is 1. The van der Waals surface area contributed by atoms with E-state index in [0.29, 0.717) is 6.04 Å². The van der Waals surface area contributed by atoms with Gasteiger partial charge in [0.1, 0.15) is 0 Å². The van der Waals surface area contributed by atoms with Gasteiger partial charge in [-0.2, -0.15) is 11.8 Å². The number of thioether (sulfide) groups is 1. The molecular weight excluding hydrogens is 228 g/mol. The number of unbranched alkanes of at least 4 members (excludes halogenated alkanes) is 5. The van der Waals surface area contributed by atoms with Gasteiger partial charge in [-0.3, -0.25) is 11.3 Å². The molecular formula is C14H30N2S. The summed E-state index contributed by atoms with van der Waals surface area (Å²) >= 11 is 2.13. The van der Waals surface area contributed by atoms with E-state index in [0.717, 1.165) is 5.25 Å². The fourth-order valence-electron chi connectivity index (χ4n) is 2.60. The molecule has 0 bridgehead atoms. The molecule has 17 heavy (non-hydrogen) atoms. The zero-order valence-corrected chi connectivity index (χ0v) is 12.2. The Morgan fingerprint density at radius 2 is 1.94 bits per heavy atom. The molecule has 1 fully saturated rings. The van der Waals surface area contributed by atoms with Crippen LogP contribution in [0, 0.1) is 0 Å². The second kappa shape index (κ2) is 10.2. The first-order valence-corrected chi connectivity index (χ1v) is 8.51. The third kappa shape index (κ3) is 6.68. The SMILES string of the molecule is CCCCCCCCC(NN)C1CCCCS1. The summed E-state index contributed by atoms with van der Waals surface area (Å²) in [4.78, 5) is 0. The van der Waals surface area contributed by atoms with Gasteiger partial charge in [-0.25, -0.2) is 0 Å². The monoisotopic (exact) mass is 258 g/mol. The van der Waals surface area contributed by atoms with Crippen LogP contribution in [0.4, 0.5) is 0 Å². The maximum atomic E-state index is 5.70. The van der Waals surface area contributed by atoms with Crippen molar-refractivity contribution in [3.05, 3.63) is 0 Å². The van der Waals surface area contributed by atoms with Gasteiger partial charge in [0.25, 0.3) is 0 Å². The number of hydrazine groups is 1. The van der Waals surface area contributed by atoms with Gasteiger partial charge in [0.2, 0.25) is 0 Å². The Morgan fingerprint density at radius 1 is 1.18 bits per heavy atom. The lowest BCUT2D eigenvalue weighted by molar-refractivity contribution is 0.428. The summed E-state index contributed by atoms with van der Waals surface area (Å²) in [6.45, 7) is 2.27. The number of hydrogen-bond donors (Lipinski definition) is 2. The zero-order valence-electron chi connectivity index (χ0n) is 11.4. The zero-order chi connectivity index (χ0) is 12.3. The van der Waals surface area contributed by atoms with Gasteiger partial charge >= 0.3 is 0 Å². The summed E-state index contributed by atoms with van der Waals surface area (Å²) in [5.41, 5.74) is 3.05. The van der Waals surface area contributed by atoms with Crippen molar-refractivity contribution in [3.63, 3.8) is 0 Å². The standard InChI is InChI=1S/C14H30N2S/c1-2-3-4-5-6-7-10-13(16-15)14-11-8-9-12-17-14/h13-14,16H,2-12,15H2,1H3. The molecule has 1 aliphatic heterocycles. The summed E-state index contributed by atoms with van der Waals surface area (Å²) in [7, 11) is 0. The Kier molecular flexibility index (Phi) is 9.21. The van der Waals surface area contributed by atoms with Crippen molar-refractivity contribution in [3.8, 4) is 0 Å². The molecule has 0 aromatic rings. The second-order valence-electron chi connectivity index (χ2n) is 5.23. The fourth-order valence-corrected chi connectivity index (χ4v) is 4.06. The first-order chi connectivity index (χ1) is 8.38. The molecule has 0 saturated carbocycles. The molecule has 0 amide bonds. The van der Waals surface area contributed by atoms with Gasteiger partial charge < -0.3 is 0 Å². The van der Waals surface area contributed by atoms with Crippen molar-refractivity contribution < 1.29 is 0 Å². The lowest BCUT2D eigenvalue weighted by atomic mass is 10.0. The largest absolute Gasteiger partial charge is 0.271 e. The molecule has 0 radical (unpaired) electrons. The van der Waals surface area contributed by atoms with E-state index in [1.807, 2.05) is 0 Å². The van der Waals surface area contributed by atoms with Gasteiger partial charge in [0, 0.05) is 11.3 Å². The lowest BCUT2D eigenvalue weighted by Crippen LogP contribution is -2.43.